The highest BCUT2D eigenvalue weighted by molar-refractivity contribution is 6.31. The molecule has 1 atom stereocenters. The molecule has 1 rings (SSSR count). The summed E-state index contributed by atoms with van der Waals surface area (Å²) in [5.41, 5.74) is -0.428. The molecule has 0 saturated heterocycles. The van der Waals surface area contributed by atoms with Crippen molar-refractivity contribution in [3.63, 3.8) is 0 Å². The highest BCUT2D eigenvalue weighted by Crippen LogP contribution is 2.21. The zero-order chi connectivity index (χ0) is 14.6. The number of carboxylic acid groups (broad SMARTS) is 1. The van der Waals surface area contributed by atoms with Crippen molar-refractivity contribution in [2.75, 3.05) is 32.5 Å². The van der Waals surface area contributed by atoms with Gasteiger partial charge in [0.1, 0.15) is 0 Å². The van der Waals surface area contributed by atoms with Gasteiger partial charge in [0.15, 0.2) is 0 Å². The Morgan fingerprint density at radius 1 is 1.47 bits per heavy atom. The molecule has 0 spiro atoms. The summed E-state index contributed by atoms with van der Waals surface area (Å²) in [6.07, 6.45) is 0. The number of rotatable bonds is 6. The summed E-state index contributed by atoms with van der Waals surface area (Å²) in [5.74, 6) is -1.06. The Bertz CT molecular complexity index is 461. The van der Waals surface area contributed by atoms with E-state index in [1.54, 1.807) is 19.1 Å². The van der Waals surface area contributed by atoms with Crippen LogP contribution in [0.2, 0.25) is 5.02 Å². The Morgan fingerprint density at radius 2 is 2.11 bits per heavy atom. The zero-order valence-corrected chi connectivity index (χ0v) is 12.0. The Hall–Kier alpha value is -1.30. The maximum Gasteiger partial charge on any atom is 0.337 e. The Balaban J connectivity index is 2.80. The SMILES string of the molecule is CN(C)CC(C)(O)CNc1ccc(Cl)cc1C(=O)O. The zero-order valence-electron chi connectivity index (χ0n) is 11.3. The number of aromatic carboxylic acids is 1. The van der Waals surface area contributed by atoms with Gasteiger partial charge < -0.3 is 20.4 Å². The maximum absolute atomic E-state index is 11.1. The Labute approximate surface area is 117 Å². The van der Waals surface area contributed by atoms with Crippen molar-refractivity contribution in [1.29, 1.82) is 0 Å². The number of anilines is 1. The Morgan fingerprint density at radius 3 is 2.63 bits per heavy atom. The van der Waals surface area contributed by atoms with Crippen molar-refractivity contribution in [2.45, 2.75) is 12.5 Å². The molecule has 0 bridgehead atoms. The van der Waals surface area contributed by atoms with Crippen LogP contribution >= 0.6 is 11.6 Å². The second-order valence-electron chi connectivity index (χ2n) is 5.08. The molecule has 1 aromatic rings. The van der Waals surface area contributed by atoms with Crippen LogP contribution in [-0.2, 0) is 0 Å². The highest BCUT2D eigenvalue weighted by atomic mass is 35.5. The van der Waals surface area contributed by atoms with Crippen molar-refractivity contribution in [3.8, 4) is 0 Å². The van der Waals surface area contributed by atoms with Gasteiger partial charge in [0.05, 0.1) is 11.2 Å². The van der Waals surface area contributed by atoms with Crippen LogP contribution in [0.3, 0.4) is 0 Å². The van der Waals surface area contributed by atoms with E-state index in [1.807, 2.05) is 19.0 Å². The molecule has 0 radical (unpaired) electrons. The third-order valence-electron chi connectivity index (χ3n) is 2.53. The number of halogens is 1. The molecule has 0 aliphatic carbocycles. The second kappa shape index (κ2) is 6.23. The molecule has 0 aliphatic rings. The van der Waals surface area contributed by atoms with E-state index < -0.39 is 11.6 Å². The van der Waals surface area contributed by atoms with E-state index in [-0.39, 0.29) is 12.1 Å². The number of likely N-dealkylation sites (N-methyl/N-ethyl adjacent to an activating group) is 1. The molecule has 1 aromatic carbocycles. The van der Waals surface area contributed by atoms with Gasteiger partial charge in [-0.15, -0.1) is 0 Å². The van der Waals surface area contributed by atoms with Crippen LogP contribution in [-0.4, -0.2) is 53.9 Å². The van der Waals surface area contributed by atoms with Crippen LogP contribution in [0.4, 0.5) is 5.69 Å². The van der Waals surface area contributed by atoms with Gasteiger partial charge in [-0.25, -0.2) is 4.79 Å². The summed E-state index contributed by atoms with van der Waals surface area (Å²) in [6, 6.07) is 4.58. The lowest BCUT2D eigenvalue weighted by Crippen LogP contribution is -2.43. The molecule has 0 fully saturated rings. The predicted molar refractivity (Wildman–Crippen MR) is 76.1 cm³/mol. The van der Waals surface area contributed by atoms with E-state index in [1.165, 1.54) is 6.07 Å². The second-order valence-corrected chi connectivity index (χ2v) is 5.52. The normalized spacial score (nSPS) is 14.2. The first kappa shape index (κ1) is 15.8. The van der Waals surface area contributed by atoms with E-state index in [4.69, 9.17) is 16.7 Å². The third-order valence-corrected chi connectivity index (χ3v) is 2.76. The summed E-state index contributed by atoms with van der Waals surface area (Å²) in [7, 11) is 3.72. The lowest BCUT2D eigenvalue weighted by atomic mass is 10.1. The van der Waals surface area contributed by atoms with Gasteiger partial charge in [0.2, 0.25) is 0 Å². The molecule has 19 heavy (non-hydrogen) atoms. The molecule has 1 unspecified atom stereocenters. The predicted octanol–water partition coefficient (Wildman–Crippen LogP) is 1.76. The fourth-order valence-electron chi connectivity index (χ4n) is 1.87. The number of hydrogen-bond donors (Lipinski definition) is 3. The van der Waals surface area contributed by atoms with Crippen molar-refractivity contribution >= 4 is 23.3 Å². The standard InChI is InChI=1S/C13H19ClN2O3/c1-13(19,8-16(2)3)7-15-11-5-4-9(14)6-10(11)12(17)18/h4-6,15,19H,7-8H2,1-3H3,(H,17,18). The van der Waals surface area contributed by atoms with Gasteiger partial charge in [-0.3, -0.25) is 0 Å². The van der Waals surface area contributed by atoms with Gasteiger partial charge in [0.25, 0.3) is 0 Å². The van der Waals surface area contributed by atoms with E-state index in [9.17, 15) is 9.90 Å². The van der Waals surface area contributed by atoms with Crippen molar-refractivity contribution in [2.24, 2.45) is 0 Å². The molecular weight excluding hydrogens is 268 g/mol. The number of aliphatic hydroxyl groups is 1. The number of hydrogen-bond acceptors (Lipinski definition) is 4. The van der Waals surface area contributed by atoms with Crippen molar-refractivity contribution in [3.05, 3.63) is 28.8 Å². The average molecular weight is 287 g/mol. The smallest absolute Gasteiger partial charge is 0.337 e. The van der Waals surface area contributed by atoms with Crippen LogP contribution in [0.1, 0.15) is 17.3 Å². The lowest BCUT2D eigenvalue weighted by Gasteiger charge is -2.27. The highest BCUT2D eigenvalue weighted by Gasteiger charge is 2.22. The van der Waals surface area contributed by atoms with Crippen LogP contribution in [0, 0.1) is 0 Å². The minimum atomic E-state index is -1.06. The summed E-state index contributed by atoms with van der Waals surface area (Å²) in [5, 5.41) is 22.6. The fourth-order valence-corrected chi connectivity index (χ4v) is 2.04. The quantitative estimate of drug-likeness (QED) is 0.743. The van der Waals surface area contributed by atoms with Gasteiger partial charge in [-0.05, 0) is 39.2 Å². The monoisotopic (exact) mass is 286 g/mol. The number of nitrogens with zero attached hydrogens (tertiary/aromatic N) is 1. The summed E-state index contributed by atoms with van der Waals surface area (Å²) in [4.78, 5) is 13.0. The number of nitrogens with one attached hydrogen (secondary N) is 1. The van der Waals surface area contributed by atoms with Gasteiger partial charge >= 0.3 is 5.97 Å². The van der Waals surface area contributed by atoms with Crippen LogP contribution in [0.15, 0.2) is 18.2 Å². The number of benzene rings is 1. The first-order chi connectivity index (χ1) is 8.71. The summed E-state index contributed by atoms with van der Waals surface area (Å²) >= 11 is 5.77. The van der Waals surface area contributed by atoms with Gasteiger partial charge in [-0.1, -0.05) is 11.6 Å². The molecule has 0 aromatic heterocycles. The van der Waals surface area contributed by atoms with E-state index in [0.29, 0.717) is 17.3 Å². The molecule has 0 aliphatic heterocycles. The minimum Gasteiger partial charge on any atom is -0.478 e. The van der Waals surface area contributed by atoms with Crippen molar-refractivity contribution in [1.82, 2.24) is 4.90 Å². The molecular formula is C13H19ClN2O3. The van der Waals surface area contributed by atoms with E-state index >= 15 is 0 Å². The molecule has 106 valence electrons. The molecule has 6 heteroatoms. The minimum absolute atomic E-state index is 0.0909. The van der Waals surface area contributed by atoms with Crippen LogP contribution in [0.5, 0.6) is 0 Å². The molecule has 3 N–H and O–H groups in total. The van der Waals surface area contributed by atoms with Gasteiger partial charge in [0, 0.05) is 23.8 Å². The first-order valence-electron chi connectivity index (χ1n) is 5.85. The first-order valence-corrected chi connectivity index (χ1v) is 6.23. The van der Waals surface area contributed by atoms with Gasteiger partial charge in [-0.2, -0.15) is 0 Å². The number of carbonyl (C=O) groups is 1. The van der Waals surface area contributed by atoms with Crippen LogP contribution in [0.25, 0.3) is 0 Å². The largest absolute Gasteiger partial charge is 0.478 e. The maximum atomic E-state index is 11.1. The molecule has 0 heterocycles. The molecule has 0 amide bonds. The topological polar surface area (TPSA) is 72.8 Å². The molecule has 5 nitrogen and oxygen atoms in total. The number of carboxylic acids is 1. The van der Waals surface area contributed by atoms with Crippen molar-refractivity contribution < 1.29 is 15.0 Å². The van der Waals surface area contributed by atoms with E-state index in [2.05, 4.69) is 5.32 Å². The Kier molecular flexibility index (Phi) is 5.17. The third kappa shape index (κ3) is 5.06. The lowest BCUT2D eigenvalue weighted by molar-refractivity contribution is 0.0458. The molecule has 0 saturated carbocycles. The fraction of sp³-hybridized carbons (Fsp3) is 0.462. The van der Waals surface area contributed by atoms with E-state index in [0.717, 1.165) is 0 Å². The summed E-state index contributed by atoms with van der Waals surface area (Å²) < 4.78 is 0. The van der Waals surface area contributed by atoms with Crippen LogP contribution < -0.4 is 5.32 Å². The summed E-state index contributed by atoms with van der Waals surface area (Å²) in [6.45, 7) is 2.40. The average Bonchev–Trinajstić information content (AvgIpc) is 2.25.